The maximum atomic E-state index is 12.7. The van der Waals surface area contributed by atoms with Crippen LogP contribution < -0.4 is 10.6 Å². The molecule has 0 saturated heterocycles. The number of carbonyl (C=O) groups excluding carboxylic acids is 2. The first-order chi connectivity index (χ1) is 15.5. The van der Waals surface area contributed by atoms with Gasteiger partial charge in [-0.05, 0) is 62.6 Å². The molecule has 7 heteroatoms. The number of carbonyl (C=O) groups is 2. The third-order valence-electron chi connectivity index (χ3n) is 5.54. The Morgan fingerprint density at radius 1 is 1.06 bits per heavy atom. The van der Waals surface area contributed by atoms with Crippen molar-refractivity contribution in [1.29, 1.82) is 0 Å². The lowest BCUT2D eigenvalue weighted by Gasteiger charge is -2.12. The lowest BCUT2D eigenvalue weighted by molar-refractivity contribution is 0.0939. The van der Waals surface area contributed by atoms with Crippen molar-refractivity contribution in [3.05, 3.63) is 71.5 Å². The highest BCUT2D eigenvalue weighted by atomic mass is 32.1. The number of hydrogen-bond donors (Lipinski definition) is 2. The Hall–Kier alpha value is -3.45. The number of benzene rings is 1. The van der Waals surface area contributed by atoms with Gasteiger partial charge in [0.1, 0.15) is 10.5 Å². The normalized spacial score (nSPS) is 13.5. The summed E-state index contributed by atoms with van der Waals surface area (Å²) in [4.78, 5) is 31.1. The zero-order valence-electron chi connectivity index (χ0n) is 18.0. The number of fused-ring (bicyclic) bond motifs is 1. The van der Waals surface area contributed by atoms with E-state index in [1.165, 1.54) is 11.3 Å². The van der Waals surface area contributed by atoms with Gasteiger partial charge in [0.25, 0.3) is 11.8 Å². The number of hydrogen-bond acceptors (Lipinski definition) is 4. The number of nitrogens with one attached hydrogen (secondary N) is 2. The van der Waals surface area contributed by atoms with Gasteiger partial charge in [0.15, 0.2) is 0 Å². The minimum absolute atomic E-state index is 0.0193. The molecule has 0 bridgehead atoms. The molecular weight excluding hydrogens is 420 g/mol. The molecule has 0 spiro atoms. The van der Waals surface area contributed by atoms with Gasteiger partial charge in [-0.15, -0.1) is 11.3 Å². The smallest absolute Gasteiger partial charge is 0.268 e. The van der Waals surface area contributed by atoms with E-state index >= 15 is 0 Å². The van der Waals surface area contributed by atoms with E-state index in [2.05, 4.69) is 29.5 Å². The number of nitrogens with zero attached hydrogens (tertiary/aromatic N) is 2. The molecule has 32 heavy (non-hydrogen) atoms. The number of aromatic nitrogens is 2. The maximum Gasteiger partial charge on any atom is 0.268 e. The summed E-state index contributed by atoms with van der Waals surface area (Å²) in [6.07, 6.45) is 5.87. The molecule has 3 heterocycles. The summed E-state index contributed by atoms with van der Waals surface area (Å²) < 4.78 is 2.01. The fourth-order valence-corrected chi connectivity index (χ4v) is 4.55. The van der Waals surface area contributed by atoms with Crippen LogP contribution >= 0.6 is 11.3 Å². The number of anilines is 1. The second-order valence-electron chi connectivity index (χ2n) is 8.40. The van der Waals surface area contributed by atoms with Crippen LogP contribution in [0.2, 0.25) is 0 Å². The van der Waals surface area contributed by atoms with Gasteiger partial charge in [0.05, 0.1) is 4.88 Å². The van der Waals surface area contributed by atoms with Crippen LogP contribution in [-0.4, -0.2) is 27.4 Å². The zero-order valence-corrected chi connectivity index (χ0v) is 18.8. The van der Waals surface area contributed by atoms with Crippen molar-refractivity contribution in [2.24, 2.45) is 0 Å². The topological polar surface area (TPSA) is 76.0 Å². The minimum atomic E-state index is -0.147. The predicted octanol–water partition coefficient (Wildman–Crippen LogP) is 5.49. The predicted molar refractivity (Wildman–Crippen MR) is 128 cm³/mol. The van der Waals surface area contributed by atoms with Gasteiger partial charge >= 0.3 is 0 Å². The summed E-state index contributed by atoms with van der Waals surface area (Å²) in [6.45, 7) is 4.14. The van der Waals surface area contributed by atoms with Crippen molar-refractivity contribution < 1.29 is 9.59 Å². The Morgan fingerprint density at radius 3 is 2.53 bits per heavy atom. The molecule has 5 rings (SSSR count). The lowest BCUT2D eigenvalue weighted by atomic mass is 10.1. The second-order valence-corrected chi connectivity index (χ2v) is 9.43. The van der Waals surface area contributed by atoms with Crippen LogP contribution in [0.5, 0.6) is 0 Å². The molecule has 1 aliphatic rings. The van der Waals surface area contributed by atoms with E-state index < -0.39 is 0 Å². The Balaban J connectivity index is 1.33. The van der Waals surface area contributed by atoms with E-state index in [-0.39, 0.29) is 17.9 Å². The van der Waals surface area contributed by atoms with Gasteiger partial charge < -0.3 is 15.2 Å². The lowest BCUT2D eigenvalue weighted by Crippen LogP contribution is -2.27. The fourth-order valence-electron chi connectivity index (χ4n) is 3.66. The molecule has 1 fully saturated rings. The fraction of sp³-hybridized carbons (Fsp3) is 0.240. The second kappa shape index (κ2) is 8.24. The molecule has 162 valence electrons. The molecule has 1 aromatic carbocycles. The average molecular weight is 445 g/mol. The van der Waals surface area contributed by atoms with Crippen LogP contribution in [0.25, 0.3) is 21.3 Å². The van der Waals surface area contributed by atoms with E-state index in [0.29, 0.717) is 16.6 Å². The van der Waals surface area contributed by atoms with E-state index in [9.17, 15) is 9.59 Å². The third-order valence-corrected chi connectivity index (χ3v) is 6.60. The zero-order chi connectivity index (χ0) is 22.2. The van der Waals surface area contributed by atoms with E-state index in [1.54, 1.807) is 6.20 Å². The van der Waals surface area contributed by atoms with E-state index in [0.717, 1.165) is 39.9 Å². The van der Waals surface area contributed by atoms with Gasteiger partial charge in [0, 0.05) is 41.1 Å². The summed E-state index contributed by atoms with van der Waals surface area (Å²) in [5.74, 6) is -0.167. The van der Waals surface area contributed by atoms with Crippen LogP contribution in [0, 0.1) is 0 Å². The standard InChI is InChI=1S/C25H24N4O2S/c1-15(2)29-14-18(12-21(29)23(30)27-20-9-10-20)16-5-7-19(8-6-16)28-24(31)22-13-17-4-3-11-26-25(17)32-22/h3-8,11-15,20H,9-10H2,1-2H3,(H,27,30)(H,28,31). The van der Waals surface area contributed by atoms with Gasteiger partial charge in [0.2, 0.25) is 0 Å². The number of rotatable bonds is 6. The Bertz CT molecular complexity index is 1270. The van der Waals surface area contributed by atoms with Crippen molar-refractivity contribution in [2.75, 3.05) is 5.32 Å². The summed E-state index contributed by atoms with van der Waals surface area (Å²) >= 11 is 1.38. The van der Waals surface area contributed by atoms with Crippen LogP contribution in [0.3, 0.4) is 0 Å². The van der Waals surface area contributed by atoms with E-state index in [4.69, 9.17) is 0 Å². The monoisotopic (exact) mass is 444 g/mol. The number of pyridine rings is 1. The van der Waals surface area contributed by atoms with Crippen LogP contribution in [0.4, 0.5) is 5.69 Å². The van der Waals surface area contributed by atoms with Crippen molar-refractivity contribution in [1.82, 2.24) is 14.9 Å². The van der Waals surface area contributed by atoms with Gasteiger partial charge in [-0.1, -0.05) is 18.2 Å². The maximum absolute atomic E-state index is 12.7. The summed E-state index contributed by atoms with van der Waals surface area (Å²) in [7, 11) is 0. The van der Waals surface area contributed by atoms with Crippen molar-refractivity contribution in [3.8, 4) is 11.1 Å². The van der Waals surface area contributed by atoms with Crippen molar-refractivity contribution in [3.63, 3.8) is 0 Å². The quantitative estimate of drug-likeness (QED) is 0.413. The highest BCUT2D eigenvalue weighted by molar-refractivity contribution is 7.20. The molecule has 1 aliphatic carbocycles. The molecule has 2 amide bonds. The van der Waals surface area contributed by atoms with Crippen LogP contribution in [-0.2, 0) is 0 Å². The average Bonchev–Trinajstić information content (AvgIpc) is 3.31. The molecule has 3 aromatic heterocycles. The van der Waals surface area contributed by atoms with Crippen LogP contribution in [0.15, 0.2) is 60.9 Å². The van der Waals surface area contributed by atoms with Gasteiger partial charge in [-0.3, -0.25) is 9.59 Å². The molecule has 1 saturated carbocycles. The van der Waals surface area contributed by atoms with Crippen LogP contribution in [0.1, 0.15) is 52.9 Å². The first-order valence-corrected chi connectivity index (χ1v) is 11.6. The minimum Gasteiger partial charge on any atom is -0.348 e. The highest BCUT2D eigenvalue weighted by Gasteiger charge is 2.26. The molecule has 0 radical (unpaired) electrons. The highest BCUT2D eigenvalue weighted by Crippen LogP contribution is 2.28. The molecule has 4 aromatic rings. The van der Waals surface area contributed by atoms with Gasteiger partial charge in [-0.25, -0.2) is 4.98 Å². The Morgan fingerprint density at radius 2 is 1.84 bits per heavy atom. The molecule has 2 N–H and O–H groups in total. The summed E-state index contributed by atoms with van der Waals surface area (Å²) in [5.41, 5.74) is 3.37. The molecule has 0 atom stereocenters. The largest absolute Gasteiger partial charge is 0.348 e. The van der Waals surface area contributed by atoms with Crippen molar-refractivity contribution >= 4 is 39.1 Å². The SMILES string of the molecule is CC(C)n1cc(-c2ccc(NC(=O)c3cc4cccnc4s3)cc2)cc1C(=O)NC1CC1. The summed E-state index contributed by atoms with van der Waals surface area (Å²) in [5, 5.41) is 7.00. The first kappa shape index (κ1) is 20.5. The third kappa shape index (κ3) is 4.16. The molecular formula is C25H24N4O2S. The van der Waals surface area contributed by atoms with Gasteiger partial charge in [-0.2, -0.15) is 0 Å². The Labute approximate surface area is 190 Å². The Kier molecular flexibility index (Phi) is 5.27. The van der Waals surface area contributed by atoms with Crippen molar-refractivity contribution in [2.45, 2.75) is 38.8 Å². The molecule has 6 nitrogen and oxygen atoms in total. The first-order valence-electron chi connectivity index (χ1n) is 10.8. The molecule has 0 unspecified atom stereocenters. The van der Waals surface area contributed by atoms with E-state index in [1.807, 2.05) is 59.3 Å². The molecule has 0 aliphatic heterocycles. The summed E-state index contributed by atoms with van der Waals surface area (Å²) in [6, 6.07) is 15.8. The number of amides is 2. The number of thiophene rings is 1.